The zero-order valence-corrected chi connectivity index (χ0v) is 8.18. The van der Waals surface area contributed by atoms with Crippen LogP contribution in [0.2, 0.25) is 0 Å². The maximum Gasteiger partial charge on any atom is 0.307 e. The lowest BCUT2D eigenvalue weighted by molar-refractivity contribution is 0.0218. The predicted octanol–water partition coefficient (Wildman–Crippen LogP) is 2.67. The van der Waals surface area contributed by atoms with Gasteiger partial charge in [-0.15, -0.1) is 0 Å². The predicted molar refractivity (Wildman–Crippen MR) is 47.9 cm³/mol. The minimum Gasteiger partial charge on any atom is -0.493 e. The van der Waals surface area contributed by atoms with E-state index in [2.05, 4.69) is 4.74 Å². The van der Waals surface area contributed by atoms with Gasteiger partial charge in [0.05, 0.1) is 12.7 Å². The Balaban J connectivity index is 3.26. The third kappa shape index (κ3) is 2.29. The molecule has 2 nitrogen and oxygen atoms in total. The van der Waals surface area contributed by atoms with Gasteiger partial charge in [0.2, 0.25) is 5.78 Å². The first-order valence-corrected chi connectivity index (χ1v) is 4.13. The van der Waals surface area contributed by atoms with Crippen LogP contribution >= 0.6 is 0 Å². The SMILES string of the molecule is COc1c(F)cccc1C(=O)C(C)(F)F. The van der Waals surface area contributed by atoms with Crippen LogP contribution in [0.3, 0.4) is 0 Å². The highest BCUT2D eigenvalue weighted by Gasteiger charge is 2.35. The summed E-state index contributed by atoms with van der Waals surface area (Å²) in [5, 5.41) is 0. The van der Waals surface area contributed by atoms with Gasteiger partial charge in [-0.05, 0) is 12.1 Å². The number of methoxy groups -OCH3 is 1. The number of hydrogen-bond acceptors (Lipinski definition) is 2. The van der Waals surface area contributed by atoms with Gasteiger partial charge in [0.1, 0.15) is 0 Å². The molecule has 0 radical (unpaired) electrons. The molecule has 0 saturated carbocycles. The lowest BCUT2D eigenvalue weighted by atomic mass is 10.1. The first kappa shape index (κ1) is 11.6. The highest BCUT2D eigenvalue weighted by molar-refractivity contribution is 6.03. The molecule has 0 unspecified atom stereocenters. The molecule has 0 aliphatic carbocycles. The number of hydrogen-bond donors (Lipinski definition) is 0. The van der Waals surface area contributed by atoms with E-state index < -0.39 is 28.8 Å². The molecule has 0 bridgehead atoms. The second-order valence-corrected chi connectivity index (χ2v) is 3.04. The fraction of sp³-hybridized carbons (Fsp3) is 0.300. The van der Waals surface area contributed by atoms with Crippen LogP contribution in [0, 0.1) is 5.82 Å². The summed E-state index contributed by atoms with van der Waals surface area (Å²) < 4.78 is 43.1. The summed E-state index contributed by atoms with van der Waals surface area (Å²) in [7, 11) is 1.11. The van der Waals surface area contributed by atoms with Crippen LogP contribution in [0.25, 0.3) is 0 Å². The van der Waals surface area contributed by atoms with Crippen LogP contribution in [0.15, 0.2) is 18.2 Å². The Kier molecular flexibility index (Phi) is 3.02. The number of carbonyl (C=O) groups excluding carboxylic acids is 1. The van der Waals surface area contributed by atoms with Gasteiger partial charge in [-0.2, -0.15) is 8.78 Å². The van der Waals surface area contributed by atoms with E-state index in [4.69, 9.17) is 0 Å². The van der Waals surface area contributed by atoms with Crippen LogP contribution in [0.4, 0.5) is 13.2 Å². The van der Waals surface area contributed by atoms with Crippen molar-refractivity contribution < 1.29 is 22.7 Å². The fourth-order valence-corrected chi connectivity index (χ4v) is 1.13. The van der Waals surface area contributed by atoms with Gasteiger partial charge < -0.3 is 4.74 Å². The van der Waals surface area contributed by atoms with Crippen molar-refractivity contribution in [3.05, 3.63) is 29.6 Å². The van der Waals surface area contributed by atoms with Crippen molar-refractivity contribution in [3.63, 3.8) is 0 Å². The number of ketones is 1. The van der Waals surface area contributed by atoms with E-state index in [0.29, 0.717) is 6.92 Å². The summed E-state index contributed by atoms with van der Waals surface area (Å²) >= 11 is 0. The largest absolute Gasteiger partial charge is 0.493 e. The normalized spacial score (nSPS) is 11.3. The molecular weight excluding hydrogens is 209 g/mol. The molecule has 1 aromatic rings. The van der Waals surface area contributed by atoms with E-state index >= 15 is 0 Å². The zero-order valence-electron chi connectivity index (χ0n) is 8.18. The molecular formula is C10H9F3O2. The summed E-state index contributed by atoms with van der Waals surface area (Å²) in [4.78, 5) is 11.2. The molecule has 0 aliphatic heterocycles. The van der Waals surface area contributed by atoms with E-state index in [0.717, 1.165) is 19.2 Å². The molecule has 1 rings (SSSR count). The number of alkyl halides is 2. The summed E-state index contributed by atoms with van der Waals surface area (Å²) in [6.45, 7) is 0.458. The van der Waals surface area contributed by atoms with Crippen molar-refractivity contribution in [2.45, 2.75) is 12.8 Å². The van der Waals surface area contributed by atoms with Gasteiger partial charge in [-0.25, -0.2) is 4.39 Å². The lowest BCUT2D eigenvalue weighted by Gasteiger charge is -2.12. The summed E-state index contributed by atoms with van der Waals surface area (Å²) in [6, 6.07) is 3.31. The summed E-state index contributed by atoms with van der Waals surface area (Å²) in [5.74, 6) is -6.29. The topological polar surface area (TPSA) is 26.3 Å². The highest BCUT2D eigenvalue weighted by atomic mass is 19.3. The second-order valence-electron chi connectivity index (χ2n) is 3.04. The number of carbonyl (C=O) groups is 1. The Bertz CT molecular complexity index is 383. The van der Waals surface area contributed by atoms with E-state index in [1.54, 1.807) is 0 Å². The Morgan fingerprint density at radius 2 is 2.00 bits per heavy atom. The molecule has 0 amide bonds. The maximum atomic E-state index is 13.1. The molecule has 0 aromatic heterocycles. The molecule has 0 aliphatic rings. The van der Waals surface area contributed by atoms with Crippen molar-refractivity contribution in [2.24, 2.45) is 0 Å². The Morgan fingerprint density at radius 3 is 2.47 bits per heavy atom. The Hall–Kier alpha value is -1.52. The molecule has 0 fully saturated rings. The zero-order chi connectivity index (χ0) is 11.6. The van der Waals surface area contributed by atoms with Crippen molar-refractivity contribution in [1.29, 1.82) is 0 Å². The van der Waals surface area contributed by atoms with Crippen molar-refractivity contribution in [2.75, 3.05) is 7.11 Å². The summed E-state index contributed by atoms with van der Waals surface area (Å²) in [5.41, 5.74) is -0.454. The Morgan fingerprint density at radius 1 is 1.40 bits per heavy atom. The number of para-hydroxylation sites is 1. The van der Waals surface area contributed by atoms with Crippen LogP contribution in [-0.4, -0.2) is 18.8 Å². The molecule has 1 aromatic carbocycles. The van der Waals surface area contributed by atoms with Crippen molar-refractivity contribution in [3.8, 4) is 5.75 Å². The average Bonchev–Trinajstić information content (AvgIpc) is 2.14. The van der Waals surface area contributed by atoms with Crippen LogP contribution in [0.5, 0.6) is 5.75 Å². The smallest absolute Gasteiger partial charge is 0.307 e. The standard InChI is InChI=1S/C10H9F3O2/c1-10(12,13)9(14)6-4-3-5-7(11)8(6)15-2/h3-5H,1-2H3. The first-order valence-electron chi connectivity index (χ1n) is 4.13. The van der Waals surface area contributed by atoms with E-state index in [1.807, 2.05) is 0 Å². The number of Topliss-reactive ketones (excluding diaryl/α,β-unsaturated/α-hetero) is 1. The molecule has 0 atom stereocenters. The van der Waals surface area contributed by atoms with Crippen LogP contribution < -0.4 is 4.74 Å². The monoisotopic (exact) mass is 218 g/mol. The molecule has 0 saturated heterocycles. The third-order valence-corrected chi connectivity index (χ3v) is 1.81. The average molecular weight is 218 g/mol. The van der Waals surface area contributed by atoms with E-state index in [9.17, 15) is 18.0 Å². The van der Waals surface area contributed by atoms with Gasteiger partial charge in [-0.1, -0.05) is 6.07 Å². The van der Waals surface area contributed by atoms with Gasteiger partial charge in [0, 0.05) is 6.92 Å². The first-order chi connectivity index (χ1) is 6.88. The second kappa shape index (κ2) is 3.92. The fourth-order valence-electron chi connectivity index (χ4n) is 1.13. The van der Waals surface area contributed by atoms with Gasteiger partial charge in [0.15, 0.2) is 11.6 Å². The van der Waals surface area contributed by atoms with Crippen molar-refractivity contribution >= 4 is 5.78 Å². The minimum absolute atomic E-state index is 0.454. The number of benzene rings is 1. The van der Waals surface area contributed by atoms with Gasteiger partial charge >= 0.3 is 5.92 Å². The minimum atomic E-state index is -3.54. The number of rotatable bonds is 3. The van der Waals surface area contributed by atoms with E-state index in [1.165, 1.54) is 6.07 Å². The third-order valence-electron chi connectivity index (χ3n) is 1.81. The number of halogens is 3. The quantitative estimate of drug-likeness (QED) is 0.729. The van der Waals surface area contributed by atoms with Gasteiger partial charge in [-0.3, -0.25) is 4.79 Å². The molecule has 0 N–H and O–H groups in total. The lowest BCUT2D eigenvalue weighted by Crippen LogP contribution is -2.25. The van der Waals surface area contributed by atoms with Crippen LogP contribution in [0.1, 0.15) is 17.3 Å². The Labute approximate surface area is 84.7 Å². The molecule has 15 heavy (non-hydrogen) atoms. The highest BCUT2D eigenvalue weighted by Crippen LogP contribution is 2.28. The number of ether oxygens (including phenoxy) is 1. The molecule has 5 heteroatoms. The van der Waals surface area contributed by atoms with E-state index in [-0.39, 0.29) is 0 Å². The van der Waals surface area contributed by atoms with Gasteiger partial charge in [0.25, 0.3) is 0 Å². The molecule has 82 valence electrons. The van der Waals surface area contributed by atoms with Crippen LogP contribution in [-0.2, 0) is 0 Å². The molecule has 0 spiro atoms. The summed E-state index contributed by atoms with van der Waals surface area (Å²) in [6.07, 6.45) is 0. The maximum absolute atomic E-state index is 13.1. The van der Waals surface area contributed by atoms with Crippen molar-refractivity contribution in [1.82, 2.24) is 0 Å². The molecule has 0 heterocycles.